The second kappa shape index (κ2) is 5.36. The number of aryl methyl sites for hydroxylation is 1. The molecule has 4 rings (SSSR count). The number of nitriles is 1. The maximum Gasteiger partial charge on any atom is 0.245 e. The smallest absolute Gasteiger partial charge is 0.245 e. The lowest BCUT2D eigenvalue weighted by atomic mass is 9.69. The first-order chi connectivity index (χ1) is 12.0. The van der Waals surface area contributed by atoms with E-state index in [9.17, 15) is 10.1 Å². The highest BCUT2D eigenvalue weighted by atomic mass is 79.9. The number of H-pyrrole nitrogens is 1. The van der Waals surface area contributed by atoms with Crippen molar-refractivity contribution >= 4 is 27.5 Å². The number of ether oxygens (including phenoxy) is 1. The summed E-state index contributed by atoms with van der Waals surface area (Å²) < 4.78 is 6.34. The topological polar surface area (TPSA) is 117 Å². The molecule has 0 radical (unpaired) electrons. The number of benzene rings is 1. The molecule has 2 aliphatic rings. The van der Waals surface area contributed by atoms with Gasteiger partial charge in [0, 0.05) is 21.4 Å². The van der Waals surface area contributed by atoms with Crippen molar-refractivity contribution in [1.82, 2.24) is 10.2 Å². The van der Waals surface area contributed by atoms with Crippen molar-refractivity contribution in [1.29, 1.82) is 5.26 Å². The van der Waals surface area contributed by atoms with Gasteiger partial charge in [0.1, 0.15) is 17.1 Å². The SMILES string of the molecule is CCCc1[nH]nc2c1C1(C(=O)Nc3ccc(Br)cc31)C(C#N)=C(N)O2. The third-order valence-electron chi connectivity index (χ3n) is 4.60. The Labute approximate surface area is 152 Å². The van der Waals surface area contributed by atoms with Crippen LogP contribution < -0.4 is 15.8 Å². The standard InChI is InChI=1S/C17H14BrN5O2/c1-2-3-12-13-15(23-22-12)25-14(20)10(7-19)17(13)9-6-8(18)4-5-11(9)21-16(17)24/h4-6H,2-3,20H2,1H3,(H,21,24)(H,22,23). The molecule has 126 valence electrons. The Hall–Kier alpha value is -2.79. The fraction of sp³-hybridized carbons (Fsp3) is 0.235. The van der Waals surface area contributed by atoms with Crippen LogP contribution in [0, 0.1) is 11.3 Å². The van der Waals surface area contributed by atoms with Crippen LogP contribution in [0.1, 0.15) is 30.2 Å². The fourth-order valence-electron chi connectivity index (χ4n) is 3.63. The van der Waals surface area contributed by atoms with Crippen molar-refractivity contribution < 1.29 is 9.53 Å². The summed E-state index contributed by atoms with van der Waals surface area (Å²) in [6.45, 7) is 2.03. The minimum atomic E-state index is -1.36. The number of carbonyl (C=O) groups is 1. The Morgan fingerprint density at radius 2 is 2.28 bits per heavy atom. The molecule has 1 unspecified atom stereocenters. The Morgan fingerprint density at radius 1 is 1.48 bits per heavy atom. The summed E-state index contributed by atoms with van der Waals surface area (Å²) in [5.74, 6) is -0.196. The quantitative estimate of drug-likeness (QED) is 0.716. The third-order valence-corrected chi connectivity index (χ3v) is 5.09. The van der Waals surface area contributed by atoms with Crippen molar-refractivity contribution in [3.8, 4) is 11.9 Å². The molecule has 2 aromatic rings. The Kier molecular flexibility index (Phi) is 3.37. The number of anilines is 1. The average Bonchev–Trinajstić information content (AvgIpc) is 3.09. The molecule has 0 saturated heterocycles. The largest absolute Gasteiger partial charge is 0.420 e. The molecule has 4 N–H and O–H groups in total. The zero-order valence-electron chi connectivity index (χ0n) is 13.3. The van der Waals surface area contributed by atoms with E-state index in [1.165, 1.54) is 0 Å². The highest BCUT2D eigenvalue weighted by Crippen LogP contribution is 2.54. The number of aromatic nitrogens is 2. The monoisotopic (exact) mass is 399 g/mol. The highest BCUT2D eigenvalue weighted by molar-refractivity contribution is 9.10. The van der Waals surface area contributed by atoms with E-state index >= 15 is 0 Å². The molecule has 8 heteroatoms. The van der Waals surface area contributed by atoms with Crippen LogP contribution in [0.4, 0.5) is 5.69 Å². The van der Waals surface area contributed by atoms with Gasteiger partial charge in [0.25, 0.3) is 0 Å². The normalized spacial score (nSPS) is 20.8. The van der Waals surface area contributed by atoms with Crippen molar-refractivity contribution in [2.75, 3.05) is 5.32 Å². The number of hydrogen-bond donors (Lipinski definition) is 3. The number of rotatable bonds is 2. The molecule has 25 heavy (non-hydrogen) atoms. The van der Waals surface area contributed by atoms with Crippen LogP contribution in [0.5, 0.6) is 5.88 Å². The van der Waals surface area contributed by atoms with Gasteiger partial charge in [0.05, 0.1) is 5.56 Å². The second-order valence-corrected chi connectivity index (χ2v) is 6.90. The number of nitrogens with zero attached hydrogens (tertiary/aromatic N) is 2. The number of carbonyl (C=O) groups excluding carboxylic acids is 1. The Bertz CT molecular complexity index is 987. The summed E-state index contributed by atoms with van der Waals surface area (Å²) in [4.78, 5) is 13.2. The van der Waals surface area contributed by atoms with Gasteiger partial charge in [-0.15, -0.1) is 5.10 Å². The van der Waals surface area contributed by atoms with Crippen molar-refractivity contribution in [2.24, 2.45) is 5.73 Å². The van der Waals surface area contributed by atoms with Gasteiger partial charge >= 0.3 is 0 Å². The van der Waals surface area contributed by atoms with E-state index in [0.29, 0.717) is 23.2 Å². The van der Waals surface area contributed by atoms with Gasteiger partial charge in [-0.25, -0.2) is 0 Å². The van der Waals surface area contributed by atoms with E-state index in [4.69, 9.17) is 10.5 Å². The molecule has 3 heterocycles. The van der Waals surface area contributed by atoms with Gasteiger partial charge in [-0.1, -0.05) is 29.3 Å². The zero-order chi connectivity index (χ0) is 17.8. The lowest BCUT2D eigenvalue weighted by Crippen LogP contribution is -2.42. The molecule has 1 spiro atoms. The van der Waals surface area contributed by atoms with Crippen LogP contribution in [0.15, 0.2) is 34.1 Å². The third kappa shape index (κ3) is 1.90. The van der Waals surface area contributed by atoms with Crippen molar-refractivity contribution in [3.05, 3.63) is 50.9 Å². The van der Waals surface area contributed by atoms with Crippen LogP contribution >= 0.6 is 15.9 Å². The van der Waals surface area contributed by atoms with E-state index in [2.05, 4.69) is 37.5 Å². The first-order valence-electron chi connectivity index (χ1n) is 7.81. The number of aromatic amines is 1. The Balaban J connectivity index is 2.13. The first kappa shape index (κ1) is 15.7. The lowest BCUT2D eigenvalue weighted by molar-refractivity contribution is -0.118. The average molecular weight is 400 g/mol. The van der Waals surface area contributed by atoms with Crippen LogP contribution in [-0.2, 0) is 16.6 Å². The molecule has 0 fully saturated rings. The van der Waals surface area contributed by atoms with Gasteiger partial charge in [0.15, 0.2) is 0 Å². The first-order valence-corrected chi connectivity index (χ1v) is 8.60. The predicted molar refractivity (Wildman–Crippen MR) is 93.6 cm³/mol. The second-order valence-electron chi connectivity index (χ2n) is 5.98. The van der Waals surface area contributed by atoms with E-state index in [-0.39, 0.29) is 23.2 Å². The molecule has 1 atom stereocenters. The highest BCUT2D eigenvalue weighted by Gasteiger charge is 2.58. The van der Waals surface area contributed by atoms with E-state index in [1.807, 2.05) is 19.1 Å². The number of nitrogens with two attached hydrogens (primary N) is 1. The molecule has 1 amide bonds. The van der Waals surface area contributed by atoms with Crippen LogP contribution in [0.3, 0.4) is 0 Å². The number of halogens is 1. The molecule has 0 bridgehead atoms. The van der Waals surface area contributed by atoms with Gasteiger partial charge in [-0.3, -0.25) is 9.89 Å². The summed E-state index contributed by atoms with van der Waals surface area (Å²) >= 11 is 3.45. The van der Waals surface area contributed by atoms with E-state index in [0.717, 1.165) is 16.6 Å². The molecular weight excluding hydrogens is 386 g/mol. The lowest BCUT2D eigenvalue weighted by Gasteiger charge is -2.32. The summed E-state index contributed by atoms with van der Waals surface area (Å²) in [6, 6.07) is 7.55. The summed E-state index contributed by atoms with van der Waals surface area (Å²) in [5.41, 5.74) is 7.34. The number of hydrogen-bond acceptors (Lipinski definition) is 5. The number of nitrogens with one attached hydrogen (secondary N) is 2. The van der Waals surface area contributed by atoms with E-state index < -0.39 is 5.41 Å². The fourth-order valence-corrected chi connectivity index (χ4v) is 3.99. The summed E-state index contributed by atoms with van der Waals surface area (Å²) in [5, 5.41) is 19.8. The molecule has 1 aromatic carbocycles. The minimum Gasteiger partial charge on any atom is -0.420 e. The van der Waals surface area contributed by atoms with Crippen LogP contribution in [-0.4, -0.2) is 16.1 Å². The summed E-state index contributed by atoms with van der Waals surface area (Å²) in [6.07, 6.45) is 1.52. The molecular formula is C17H14BrN5O2. The zero-order valence-corrected chi connectivity index (χ0v) is 14.9. The number of fused-ring (bicyclic) bond motifs is 4. The molecule has 0 aliphatic carbocycles. The van der Waals surface area contributed by atoms with Crippen molar-refractivity contribution in [3.63, 3.8) is 0 Å². The predicted octanol–water partition coefficient (Wildman–Crippen LogP) is 2.45. The molecule has 2 aliphatic heterocycles. The van der Waals surface area contributed by atoms with Gasteiger partial charge in [0.2, 0.25) is 17.7 Å². The molecule has 7 nitrogen and oxygen atoms in total. The maximum absolute atomic E-state index is 13.2. The maximum atomic E-state index is 13.2. The Morgan fingerprint density at radius 3 is 3.00 bits per heavy atom. The van der Waals surface area contributed by atoms with Crippen LogP contribution in [0.2, 0.25) is 0 Å². The van der Waals surface area contributed by atoms with Gasteiger partial charge in [-0.05, 0) is 24.6 Å². The van der Waals surface area contributed by atoms with Crippen LogP contribution in [0.25, 0.3) is 0 Å². The molecule has 0 saturated carbocycles. The summed E-state index contributed by atoms with van der Waals surface area (Å²) in [7, 11) is 0. The number of amides is 1. The van der Waals surface area contributed by atoms with Gasteiger partial charge < -0.3 is 15.8 Å². The van der Waals surface area contributed by atoms with E-state index in [1.54, 1.807) is 6.07 Å². The minimum absolute atomic E-state index is 0.0769. The molecule has 1 aromatic heterocycles. The van der Waals surface area contributed by atoms with Gasteiger partial charge in [-0.2, -0.15) is 5.26 Å². The van der Waals surface area contributed by atoms with Crippen molar-refractivity contribution in [2.45, 2.75) is 25.2 Å².